The van der Waals surface area contributed by atoms with Gasteiger partial charge in [-0.15, -0.1) is 0 Å². The summed E-state index contributed by atoms with van der Waals surface area (Å²) in [6, 6.07) is 19.6. The van der Waals surface area contributed by atoms with Crippen molar-refractivity contribution in [3.05, 3.63) is 100 Å². The SMILES string of the molecule is COc1cccc2c1OC1=C(C2)C(=S)NC(c2cccc(Cl)c2)N1c1ccc(F)cc1. The molecule has 2 heterocycles. The van der Waals surface area contributed by atoms with E-state index in [1.807, 2.05) is 47.4 Å². The summed E-state index contributed by atoms with van der Waals surface area (Å²) in [5.41, 5.74) is 3.51. The monoisotopic (exact) mass is 452 g/mol. The highest BCUT2D eigenvalue weighted by atomic mass is 35.5. The highest BCUT2D eigenvalue weighted by molar-refractivity contribution is 7.80. The van der Waals surface area contributed by atoms with Gasteiger partial charge in [-0.25, -0.2) is 4.39 Å². The van der Waals surface area contributed by atoms with Gasteiger partial charge in [-0.3, -0.25) is 4.90 Å². The van der Waals surface area contributed by atoms with E-state index in [1.165, 1.54) is 12.1 Å². The predicted octanol–water partition coefficient (Wildman–Crippen LogP) is 5.77. The predicted molar refractivity (Wildman–Crippen MR) is 123 cm³/mol. The molecule has 2 aliphatic rings. The molecule has 0 saturated carbocycles. The topological polar surface area (TPSA) is 33.7 Å². The molecule has 0 spiro atoms. The summed E-state index contributed by atoms with van der Waals surface area (Å²) in [5, 5.41) is 4.03. The number of thiocarbonyl (C=S) groups is 1. The molecule has 0 saturated heterocycles. The number of rotatable bonds is 3. The Balaban J connectivity index is 1.68. The van der Waals surface area contributed by atoms with Gasteiger partial charge in [-0.05, 0) is 48.0 Å². The second-order valence-electron chi connectivity index (χ2n) is 7.29. The van der Waals surface area contributed by atoms with Crippen molar-refractivity contribution in [2.24, 2.45) is 0 Å². The fourth-order valence-electron chi connectivity index (χ4n) is 3.94. The maximum Gasteiger partial charge on any atom is 0.209 e. The average Bonchev–Trinajstić information content (AvgIpc) is 2.78. The molecule has 0 aliphatic carbocycles. The van der Waals surface area contributed by atoms with Crippen molar-refractivity contribution in [3.63, 3.8) is 0 Å². The lowest BCUT2D eigenvalue weighted by Gasteiger charge is -2.43. The zero-order valence-corrected chi connectivity index (χ0v) is 18.1. The van der Waals surface area contributed by atoms with E-state index in [-0.39, 0.29) is 12.0 Å². The third-order valence-corrected chi connectivity index (χ3v) is 5.99. The Kier molecular flexibility index (Phi) is 5.04. The van der Waals surface area contributed by atoms with E-state index < -0.39 is 0 Å². The Labute approximate surface area is 189 Å². The minimum Gasteiger partial charge on any atom is -0.493 e. The van der Waals surface area contributed by atoms with Crippen LogP contribution < -0.4 is 19.7 Å². The average molecular weight is 453 g/mol. The van der Waals surface area contributed by atoms with Crippen molar-refractivity contribution in [2.45, 2.75) is 12.6 Å². The van der Waals surface area contributed by atoms with Crippen molar-refractivity contribution >= 4 is 34.5 Å². The van der Waals surface area contributed by atoms with Gasteiger partial charge >= 0.3 is 0 Å². The van der Waals surface area contributed by atoms with E-state index in [2.05, 4.69) is 5.32 Å². The number of fused-ring (bicyclic) bond motifs is 1. The van der Waals surface area contributed by atoms with Crippen LogP contribution in [0.5, 0.6) is 11.5 Å². The Morgan fingerprint density at radius 3 is 2.65 bits per heavy atom. The molecule has 0 radical (unpaired) electrons. The molecule has 5 rings (SSSR count). The van der Waals surface area contributed by atoms with Crippen LogP contribution in [-0.2, 0) is 6.42 Å². The smallest absolute Gasteiger partial charge is 0.209 e. The standard InChI is InChI=1S/C24H18ClFN2O2S/c1-29-20-7-3-4-14-13-19-23(31)27-22(15-5-2-6-16(25)12-15)28(24(19)30-21(14)20)18-10-8-17(26)9-11-18/h2-12,22H,13H2,1H3,(H,27,31). The van der Waals surface area contributed by atoms with Crippen LogP contribution in [0, 0.1) is 5.82 Å². The number of anilines is 1. The normalized spacial score (nSPS) is 17.5. The van der Waals surface area contributed by atoms with E-state index in [4.69, 9.17) is 33.3 Å². The van der Waals surface area contributed by atoms with Gasteiger partial charge in [0.2, 0.25) is 5.88 Å². The van der Waals surface area contributed by atoms with E-state index >= 15 is 0 Å². The minimum absolute atomic E-state index is 0.311. The summed E-state index contributed by atoms with van der Waals surface area (Å²) in [4.78, 5) is 2.58. The van der Waals surface area contributed by atoms with Crippen molar-refractivity contribution in [1.29, 1.82) is 0 Å². The number of benzene rings is 3. The first-order chi connectivity index (χ1) is 15.0. The zero-order chi connectivity index (χ0) is 21.5. The third kappa shape index (κ3) is 3.52. The first kappa shape index (κ1) is 19.8. The molecule has 3 aromatic carbocycles. The van der Waals surface area contributed by atoms with E-state index in [9.17, 15) is 4.39 Å². The van der Waals surface area contributed by atoms with E-state index in [0.29, 0.717) is 33.8 Å². The molecule has 0 amide bonds. The summed E-state index contributed by atoms with van der Waals surface area (Å²) in [6.45, 7) is 0. The van der Waals surface area contributed by atoms with Crippen LogP contribution in [0.2, 0.25) is 5.02 Å². The fourth-order valence-corrected chi connectivity index (χ4v) is 4.41. The van der Waals surface area contributed by atoms with Crippen molar-refractivity contribution < 1.29 is 13.9 Å². The molecule has 1 atom stereocenters. The molecule has 2 aliphatic heterocycles. The van der Waals surface area contributed by atoms with E-state index in [1.54, 1.807) is 19.2 Å². The molecule has 1 N–H and O–H groups in total. The molecule has 0 aromatic heterocycles. The van der Waals surface area contributed by atoms with Crippen LogP contribution in [0.1, 0.15) is 17.3 Å². The van der Waals surface area contributed by atoms with Gasteiger partial charge in [-0.1, -0.05) is 48.1 Å². The lowest BCUT2D eigenvalue weighted by Crippen LogP contribution is -2.49. The number of methoxy groups -OCH3 is 1. The first-order valence-corrected chi connectivity index (χ1v) is 10.5. The van der Waals surface area contributed by atoms with Crippen LogP contribution in [0.15, 0.2) is 78.2 Å². The number of para-hydroxylation sites is 1. The minimum atomic E-state index is -0.383. The fraction of sp³-hybridized carbons (Fsp3) is 0.125. The highest BCUT2D eigenvalue weighted by Gasteiger charge is 2.38. The third-order valence-electron chi connectivity index (χ3n) is 5.39. The molecule has 1 unspecified atom stereocenters. The number of hydrogen-bond acceptors (Lipinski definition) is 4. The number of nitrogens with one attached hydrogen (secondary N) is 1. The second-order valence-corrected chi connectivity index (χ2v) is 8.13. The molecule has 7 heteroatoms. The summed E-state index contributed by atoms with van der Waals surface area (Å²) in [6.07, 6.45) is 0.208. The van der Waals surface area contributed by atoms with Gasteiger partial charge in [0.05, 0.1) is 12.7 Å². The molecular formula is C24H18ClFN2O2S. The molecule has 31 heavy (non-hydrogen) atoms. The number of nitrogens with zero attached hydrogens (tertiary/aromatic N) is 1. The van der Waals surface area contributed by atoms with Gasteiger partial charge in [0.1, 0.15) is 17.0 Å². The maximum atomic E-state index is 13.7. The number of hydrogen-bond donors (Lipinski definition) is 1. The molecule has 0 bridgehead atoms. The zero-order valence-electron chi connectivity index (χ0n) is 16.6. The molecular weight excluding hydrogens is 435 g/mol. The highest BCUT2D eigenvalue weighted by Crippen LogP contribution is 2.44. The summed E-state index contributed by atoms with van der Waals surface area (Å²) in [7, 11) is 1.61. The molecule has 4 nitrogen and oxygen atoms in total. The summed E-state index contributed by atoms with van der Waals surface area (Å²) < 4.78 is 25.6. The molecule has 3 aromatic rings. The Morgan fingerprint density at radius 1 is 1.13 bits per heavy atom. The van der Waals surface area contributed by atoms with Crippen molar-refractivity contribution in [3.8, 4) is 11.5 Å². The lowest BCUT2D eigenvalue weighted by atomic mass is 9.98. The van der Waals surface area contributed by atoms with Gasteiger partial charge in [0.15, 0.2) is 11.5 Å². The molecule has 156 valence electrons. The van der Waals surface area contributed by atoms with Crippen LogP contribution in [0.3, 0.4) is 0 Å². The first-order valence-electron chi connectivity index (χ1n) is 9.73. The lowest BCUT2D eigenvalue weighted by molar-refractivity contribution is 0.327. The van der Waals surface area contributed by atoms with Gasteiger partial charge in [0, 0.05) is 22.7 Å². The molecule has 0 fully saturated rings. The van der Waals surface area contributed by atoms with Crippen LogP contribution in [-0.4, -0.2) is 12.1 Å². The number of halogens is 2. The van der Waals surface area contributed by atoms with Crippen molar-refractivity contribution in [1.82, 2.24) is 5.32 Å². The van der Waals surface area contributed by atoms with Crippen LogP contribution >= 0.6 is 23.8 Å². The van der Waals surface area contributed by atoms with Crippen LogP contribution in [0.4, 0.5) is 10.1 Å². The Morgan fingerprint density at radius 2 is 1.90 bits per heavy atom. The largest absolute Gasteiger partial charge is 0.493 e. The Hall–Kier alpha value is -3.09. The van der Waals surface area contributed by atoms with E-state index in [0.717, 1.165) is 22.4 Å². The van der Waals surface area contributed by atoms with Gasteiger partial charge in [0.25, 0.3) is 0 Å². The summed E-state index contributed by atoms with van der Waals surface area (Å²) >= 11 is 12.0. The number of ether oxygens (including phenoxy) is 2. The Bertz CT molecular complexity index is 1210. The maximum absolute atomic E-state index is 13.7. The second kappa shape index (κ2) is 7.87. The van der Waals surface area contributed by atoms with Gasteiger partial charge in [-0.2, -0.15) is 0 Å². The van der Waals surface area contributed by atoms with Crippen molar-refractivity contribution in [2.75, 3.05) is 12.0 Å². The van der Waals surface area contributed by atoms with Gasteiger partial charge < -0.3 is 14.8 Å². The quantitative estimate of drug-likeness (QED) is 0.510. The summed E-state index contributed by atoms with van der Waals surface area (Å²) in [5.74, 6) is 1.59. The van der Waals surface area contributed by atoms with Crippen LogP contribution in [0.25, 0.3) is 0 Å².